The summed E-state index contributed by atoms with van der Waals surface area (Å²) in [7, 11) is -3.05. The fourth-order valence-corrected chi connectivity index (χ4v) is 3.98. The number of guanidine groups is 1. The van der Waals surface area contributed by atoms with E-state index in [2.05, 4.69) is 16.4 Å². The van der Waals surface area contributed by atoms with Gasteiger partial charge < -0.3 is 11.1 Å². The zero-order valence-electron chi connectivity index (χ0n) is 12.5. The summed E-state index contributed by atoms with van der Waals surface area (Å²) >= 11 is 0. The van der Waals surface area contributed by atoms with Crippen molar-refractivity contribution in [2.24, 2.45) is 10.7 Å². The molecule has 0 saturated carbocycles. The first-order valence-electron chi connectivity index (χ1n) is 7.00. The van der Waals surface area contributed by atoms with Crippen molar-refractivity contribution in [1.29, 1.82) is 0 Å². The van der Waals surface area contributed by atoms with Crippen molar-refractivity contribution in [2.75, 3.05) is 30.7 Å². The molecular weight excluding hydrogens is 288 g/mol. The highest BCUT2D eigenvalue weighted by Crippen LogP contribution is 2.14. The van der Waals surface area contributed by atoms with E-state index in [1.54, 1.807) is 0 Å². The van der Waals surface area contributed by atoms with Gasteiger partial charge in [0.15, 0.2) is 5.96 Å². The molecule has 0 amide bonds. The molecule has 21 heavy (non-hydrogen) atoms. The van der Waals surface area contributed by atoms with Crippen molar-refractivity contribution < 1.29 is 8.42 Å². The van der Waals surface area contributed by atoms with Crippen LogP contribution in [0.25, 0.3) is 0 Å². The van der Waals surface area contributed by atoms with Gasteiger partial charge in [-0.3, -0.25) is 4.99 Å². The van der Waals surface area contributed by atoms with Gasteiger partial charge in [0.25, 0.3) is 0 Å². The zero-order valence-corrected chi connectivity index (χ0v) is 13.3. The topological polar surface area (TPSA) is 87.8 Å². The third-order valence-corrected chi connectivity index (χ3v) is 5.29. The van der Waals surface area contributed by atoms with E-state index in [-0.39, 0.29) is 5.75 Å². The van der Waals surface area contributed by atoms with E-state index in [9.17, 15) is 8.42 Å². The lowest BCUT2D eigenvalue weighted by atomic mass is 10.1. The predicted molar refractivity (Wildman–Crippen MR) is 86.0 cm³/mol. The molecule has 7 heteroatoms. The smallest absolute Gasteiger partial charge is 0.214 e. The molecule has 3 N–H and O–H groups in total. The van der Waals surface area contributed by atoms with Crippen LogP contribution in [0.1, 0.15) is 17.5 Å². The van der Waals surface area contributed by atoms with Gasteiger partial charge in [0, 0.05) is 18.8 Å². The summed E-state index contributed by atoms with van der Waals surface area (Å²) in [6, 6.07) is 6.05. The van der Waals surface area contributed by atoms with Crippen LogP contribution < -0.4 is 11.1 Å². The van der Waals surface area contributed by atoms with Gasteiger partial charge in [-0.25, -0.2) is 12.7 Å². The van der Waals surface area contributed by atoms with Crippen LogP contribution in [-0.4, -0.2) is 44.1 Å². The molecule has 1 aliphatic rings. The molecule has 1 aromatic carbocycles. The van der Waals surface area contributed by atoms with E-state index < -0.39 is 10.0 Å². The maximum atomic E-state index is 11.6. The molecule has 116 valence electrons. The minimum Gasteiger partial charge on any atom is -0.370 e. The fraction of sp³-hybridized carbons (Fsp3) is 0.500. The molecule has 0 aliphatic carbocycles. The van der Waals surface area contributed by atoms with Crippen LogP contribution in [-0.2, 0) is 10.0 Å². The van der Waals surface area contributed by atoms with E-state index in [0.29, 0.717) is 32.0 Å². The quantitative estimate of drug-likeness (QED) is 0.643. The van der Waals surface area contributed by atoms with Gasteiger partial charge in [0.2, 0.25) is 10.0 Å². The van der Waals surface area contributed by atoms with Crippen molar-refractivity contribution >= 4 is 21.7 Å². The van der Waals surface area contributed by atoms with Crippen LogP contribution >= 0.6 is 0 Å². The Morgan fingerprint density at radius 3 is 2.57 bits per heavy atom. The van der Waals surface area contributed by atoms with Crippen LogP contribution in [0.2, 0.25) is 0 Å². The number of nitrogens with two attached hydrogens (primary N) is 1. The van der Waals surface area contributed by atoms with Gasteiger partial charge in [0.1, 0.15) is 0 Å². The molecule has 1 aromatic rings. The Balaban J connectivity index is 1.89. The van der Waals surface area contributed by atoms with Gasteiger partial charge in [-0.15, -0.1) is 0 Å². The molecular formula is C14H22N4O2S. The van der Waals surface area contributed by atoms with E-state index in [0.717, 1.165) is 16.8 Å². The Hall–Kier alpha value is -1.60. The Kier molecular flexibility index (Phi) is 4.84. The van der Waals surface area contributed by atoms with E-state index in [1.165, 1.54) is 4.31 Å². The molecule has 0 spiro atoms. The number of aliphatic imine (C=N–C) groups is 1. The fourth-order valence-electron chi connectivity index (χ4n) is 2.46. The average molecular weight is 310 g/mol. The van der Waals surface area contributed by atoms with Gasteiger partial charge >= 0.3 is 0 Å². The summed E-state index contributed by atoms with van der Waals surface area (Å²) < 4.78 is 24.7. The molecule has 0 radical (unpaired) electrons. The monoisotopic (exact) mass is 310 g/mol. The Morgan fingerprint density at radius 2 is 2.00 bits per heavy atom. The third kappa shape index (κ3) is 4.44. The predicted octanol–water partition coefficient (Wildman–Crippen LogP) is 1.07. The normalized spacial score (nSPS) is 18.9. The summed E-state index contributed by atoms with van der Waals surface area (Å²) in [6.45, 7) is 5.37. The van der Waals surface area contributed by atoms with Gasteiger partial charge in [-0.2, -0.15) is 0 Å². The van der Waals surface area contributed by atoms with Crippen molar-refractivity contribution in [3.8, 4) is 0 Å². The number of nitrogens with one attached hydrogen (secondary N) is 1. The standard InChI is InChI=1S/C14H22N4O2S/c1-11-8-12(2)10-13(9-11)17-14(15)16-4-6-18-5-3-7-21(18,19)20/h8-10H,3-7H2,1-2H3,(H3,15,16,17). The zero-order chi connectivity index (χ0) is 15.5. The number of benzene rings is 1. The van der Waals surface area contributed by atoms with Gasteiger partial charge in [-0.05, 0) is 43.5 Å². The second kappa shape index (κ2) is 6.44. The lowest BCUT2D eigenvalue weighted by Gasteiger charge is -2.13. The lowest BCUT2D eigenvalue weighted by Crippen LogP contribution is -2.30. The van der Waals surface area contributed by atoms with Crippen LogP contribution in [0.15, 0.2) is 23.2 Å². The number of hydrogen-bond donors (Lipinski definition) is 2. The summed E-state index contributed by atoms with van der Waals surface area (Å²) in [6.07, 6.45) is 0.697. The van der Waals surface area contributed by atoms with Crippen LogP contribution in [0, 0.1) is 13.8 Å². The molecule has 0 atom stereocenters. The molecule has 0 unspecified atom stereocenters. The first-order chi connectivity index (χ1) is 9.87. The third-order valence-electron chi connectivity index (χ3n) is 3.33. The minimum atomic E-state index is -3.05. The van der Waals surface area contributed by atoms with Crippen molar-refractivity contribution in [1.82, 2.24) is 4.31 Å². The number of rotatable bonds is 4. The van der Waals surface area contributed by atoms with Crippen LogP contribution in [0.5, 0.6) is 0 Å². The highest BCUT2D eigenvalue weighted by Gasteiger charge is 2.27. The first kappa shape index (κ1) is 15.8. The SMILES string of the molecule is Cc1cc(C)cc(NC(N)=NCCN2CCCS2(=O)=O)c1. The summed E-state index contributed by atoms with van der Waals surface area (Å²) in [5.41, 5.74) is 9.01. The second-order valence-corrected chi connectivity index (χ2v) is 7.43. The highest BCUT2D eigenvalue weighted by molar-refractivity contribution is 7.89. The molecule has 1 fully saturated rings. The molecule has 0 aromatic heterocycles. The molecule has 6 nitrogen and oxygen atoms in total. The van der Waals surface area contributed by atoms with E-state index >= 15 is 0 Å². The number of sulfonamides is 1. The number of hydrogen-bond acceptors (Lipinski definition) is 3. The summed E-state index contributed by atoms with van der Waals surface area (Å²) in [5.74, 6) is 0.545. The Morgan fingerprint density at radius 1 is 1.33 bits per heavy atom. The molecule has 1 saturated heterocycles. The second-order valence-electron chi connectivity index (χ2n) is 5.34. The number of aryl methyl sites for hydroxylation is 2. The largest absolute Gasteiger partial charge is 0.370 e. The van der Waals surface area contributed by atoms with Crippen molar-refractivity contribution in [3.63, 3.8) is 0 Å². The molecule has 1 aliphatic heterocycles. The Bertz CT molecular complexity index is 620. The summed E-state index contributed by atoms with van der Waals surface area (Å²) in [5, 5.41) is 3.03. The van der Waals surface area contributed by atoms with Gasteiger partial charge in [0.05, 0.1) is 12.3 Å². The summed E-state index contributed by atoms with van der Waals surface area (Å²) in [4.78, 5) is 4.19. The first-order valence-corrected chi connectivity index (χ1v) is 8.61. The van der Waals surface area contributed by atoms with Crippen LogP contribution in [0.4, 0.5) is 5.69 Å². The highest BCUT2D eigenvalue weighted by atomic mass is 32.2. The average Bonchev–Trinajstić information content (AvgIpc) is 2.67. The molecule has 0 bridgehead atoms. The van der Waals surface area contributed by atoms with Crippen molar-refractivity contribution in [3.05, 3.63) is 29.3 Å². The van der Waals surface area contributed by atoms with Gasteiger partial charge in [-0.1, -0.05) is 6.07 Å². The maximum absolute atomic E-state index is 11.6. The Labute approximate surface area is 126 Å². The number of nitrogens with zero attached hydrogens (tertiary/aromatic N) is 2. The van der Waals surface area contributed by atoms with Crippen molar-refractivity contribution in [2.45, 2.75) is 20.3 Å². The maximum Gasteiger partial charge on any atom is 0.214 e. The van der Waals surface area contributed by atoms with E-state index in [4.69, 9.17) is 5.73 Å². The lowest BCUT2D eigenvalue weighted by molar-refractivity contribution is 0.452. The number of anilines is 1. The van der Waals surface area contributed by atoms with Crippen LogP contribution in [0.3, 0.4) is 0 Å². The molecule has 1 heterocycles. The van der Waals surface area contributed by atoms with E-state index in [1.807, 2.05) is 26.0 Å². The minimum absolute atomic E-state index is 0.243. The molecule has 2 rings (SSSR count).